The Morgan fingerprint density at radius 1 is 1.10 bits per heavy atom. The summed E-state index contributed by atoms with van der Waals surface area (Å²) in [6.07, 6.45) is 3.78. The van der Waals surface area contributed by atoms with Crippen LogP contribution in [0.3, 0.4) is 0 Å². The second kappa shape index (κ2) is 12.2. The summed E-state index contributed by atoms with van der Waals surface area (Å²) in [6.45, 7) is 5.14. The molecule has 1 saturated heterocycles. The molecule has 7 heteroatoms. The van der Waals surface area contributed by atoms with E-state index < -0.39 is 0 Å². The van der Waals surface area contributed by atoms with E-state index in [0.717, 1.165) is 25.5 Å². The molecule has 0 saturated carbocycles. The molecular formula is C23H31IN4OS. The molecule has 3 rings (SSSR count). The summed E-state index contributed by atoms with van der Waals surface area (Å²) >= 11 is 1.77. The number of hydrogen-bond donors (Lipinski definition) is 2. The van der Waals surface area contributed by atoms with Crippen LogP contribution in [0, 0.1) is 6.92 Å². The van der Waals surface area contributed by atoms with Gasteiger partial charge in [0.15, 0.2) is 5.96 Å². The highest BCUT2D eigenvalue weighted by Crippen LogP contribution is 2.21. The molecular weight excluding hydrogens is 507 g/mol. The minimum Gasteiger partial charge on any atom is -0.352 e. The Kier molecular flexibility index (Phi) is 9.97. The molecule has 1 fully saturated rings. The van der Waals surface area contributed by atoms with Crippen LogP contribution in [0.1, 0.15) is 35.1 Å². The van der Waals surface area contributed by atoms with E-state index in [1.165, 1.54) is 27.1 Å². The van der Waals surface area contributed by atoms with Crippen LogP contribution < -0.4 is 10.6 Å². The van der Waals surface area contributed by atoms with E-state index in [0.29, 0.717) is 19.5 Å². The number of carbonyl (C=O) groups is 1. The fraction of sp³-hybridized carbons (Fsp3) is 0.391. The van der Waals surface area contributed by atoms with E-state index in [1.807, 2.05) is 4.90 Å². The topological polar surface area (TPSA) is 56.7 Å². The zero-order valence-electron chi connectivity index (χ0n) is 17.9. The molecule has 30 heavy (non-hydrogen) atoms. The molecule has 0 aromatic heterocycles. The summed E-state index contributed by atoms with van der Waals surface area (Å²) in [4.78, 5) is 19.3. The van der Waals surface area contributed by atoms with Gasteiger partial charge in [-0.3, -0.25) is 9.79 Å². The van der Waals surface area contributed by atoms with Gasteiger partial charge in [0, 0.05) is 44.5 Å². The first kappa shape index (κ1) is 24.5. The molecule has 2 aromatic rings. The van der Waals surface area contributed by atoms with Gasteiger partial charge in [-0.1, -0.05) is 36.4 Å². The number of aryl methyl sites for hydroxylation is 1. The van der Waals surface area contributed by atoms with E-state index in [-0.39, 0.29) is 29.9 Å². The molecule has 2 aromatic carbocycles. The van der Waals surface area contributed by atoms with Gasteiger partial charge >= 0.3 is 0 Å². The van der Waals surface area contributed by atoms with Crippen molar-refractivity contribution in [1.29, 1.82) is 0 Å². The van der Waals surface area contributed by atoms with Crippen molar-refractivity contribution in [3.63, 3.8) is 0 Å². The Balaban J connectivity index is 0.00000320. The molecule has 0 atom stereocenters. The van der Waals surface area contributed by atoms with Crippen molar-refractivity contribution in [2.45, 2.75) is 44.3 Å². The Morgan fingerprint density at radius 3 is 2.43 bits per heavy atom. The van der Waals surface area contributed by atoms with Gasteiger partial charge in [0.1, 0.15) is 0 Å². The van der Waals surface area contributed by atoms with Crippen LogP contribution in [0.4, 0.5) is 0 Å². The van der Waals surface area contributed by atoms with Crippen LogP contribution in [0.25, 0.3) is 0 Å². The standard InChI is InChI=1S/C23H30N4OS.HI/c1-17-6-11-20(21(13-17)29-3)15-26-23(24-2)25-14-18-7-9-19(10-8-18)16-27-12-4-5-22(27)28;/h6-11,13H,4-5,12,14-16H2,1-3H3,(H2,24,25,26);1H. The van der Waals surface area contributed by atoms with Crippen molar-refractivity contribution in [3.05, 3.63) is 64.7 Å². The number of benzene rings is 2. The number of guanidine groups is 1. The maximum absolute atomic E-state index is 11.8. The maximum Gasteiger partial charge on any atom is 0.222 e. The first-order valence-corrected chi connectivity index (χ1v) is 11.2. The predicted molar refractivity (Wildman–Crippen MR) is 137 cm³/mol. The highest BCUT2D eigenvalue weighted by atomic mass is 127. The van der Waals surface area contributed by atoms with E-state index in [2.05, 4.69) is 71.3 Å². The Labute approximate surface area is 201 Å². The van der Waals surface area contributed by atoms with Crippen LogP contribution in [0.15, 0.2) is 52.4 Å². The van der Waals surface area contributed by atoms with Gasteiger partial charge < -0.3 is 15.5 Å². The van der Waals surface area contributed by atoms with Crippen molar-refractivity contribution in [2.24, 2.45) is 4.99 Å². The summed E-state index contributed by atoms with van der Waals surface area (Å²) in [7, 11) is 1.79. The van der Waals surface area contributed by atoms with Crippen molar-refractivity contribution in [2.75, 3.05) is 19.8 Å². The number of nitrogens with zero attached hydrogens (tertiary/aromatic N) is 2. The van der Waals surface area contributed by atoms with Crippen LogP contribution in [-0.2, 0) is 24.4 Å². The molecule has 1 amide bonds. The third kappa shape index (κ3) is 6.91. The molecule has 0 aliphatic carbocycles. The zero-order chi connectivity index (χ0) is 20.6. The monoisotopic (exact) mass is 538 g/mol. The average molecular weight is 538 g/mol. The molecule has 5 nitrogen and oxygen atoms in total. The van der Waals surface area contributed by atoms with Gasteiger partial charge in [-0.2, -0.15) is 0 Å². The SMILES string of the molecule is CN=C(NCc1ccc(CN2CCCC2=O)cc1)NCc1ccc(C)cc1SC.I. The molecule has 2 N–H and O–H groups in total. The van der Waals surface area contributed by atoms with Gasteiger partial charge in [0.25, 0.3) is 0 Å². The van der Waals surface area contributed by atoms with Crippen molar-refractivity contribution >= 4 is 47.6 Å². The number of rotatable bonds is 7. The molecule has 0 bridgehead atoms. The Hall–Kier alpha value is -1.74. The van der Waals surface area contributed by atoms with Crippen molar-refractivity contribution in [3.8, 4) is 0 Å². The molecule has 0 unspecified atom stereocenters. The number of aliphatic imine (C=N–C) groups is 1. The third-order valence-corrected chi connectivity index (χ3v) is 5.96. The lowest BCUT2D eigenvalue weighted by molar-refractivity contribution is -0.128. The lowest BCUT2D eigenvalue weighted by atomic mass is 10.1. The number of thioether (sulfide) groups is 1. The highest BCUT2D eigenvalue weighted by Gasteiger charge is 2.19. The van der Waals surface area contributed by atoms with Crippen LogP contribution in [0.2, 0.25) is 0 Å². The minimum absolute atomic E-state index is 0. The number of halogens is 1. The number of nitrogens with one attached hydrogen (secondary N) is 2. The Morgan fingerprint density at radius 2 is 1.80 bits per heavy atom. The smallest absolute Gasteiger partial charge is 0.222 e. The maximum atomic E-state index is 11.8. The highest BCUT2D eigenvalue weighted by molar-refractivity contribution is 14.0. The zero-order valence-corrected chi connectivity index (χ0v) is 21.1. The molecule has 0 spiro atoms. The quantitative estimate of drug-likeness (QED) is 0.239. The second-order valence-electron chi connectivity index (χ2n) is 7.33. The number of amides is 1. The van der Waals surface area contributed by atoms with Crippen LogP contribution in [0.5, 0.6) is 0 Å². The third-order valence-electron chi connectivity index (χ3n) is 5.14. The van der Waals surface area contributed by atoms with E-state index in [1.54, 1.807) is 18.8 Å². The van der Waals surface area contributed by atoms with Crippen molar-refractivity contribution in [1.82, 2.24) is 15.5 Å². The normalized spacial score (nSPS) is 13.9. The second-order valence-corrected chi connectivity index (χ2v) is 8.18. The van der Waals surface area contributed by atoms with Gasteiger partial charge in [0.2, 0.25) is 5.91 Å². The fourth-order valence-corrected chi connectivity index (χ4v) is 4.14. The van der Waals surface area contributed by atoms with Gasteiger partial charge in [0.05, 0.1) is 0 Å². The Bertz CT molecular complexity index is 870. The van der Waals surface area contributed by atoms with Gasteiger partial charge in [-0.25, -0.2) is 0 Å². The molecule has 162 valence electrons. The van der Waals surface area contributed by atoms with E-state index in [9.17, 15) is 4.79 Å². The number of likely N-dealkylation sites (tertiary alicyclic amines) is 1. The first-order chi connectivity index (χ1) is 14.1. The fourth-order valence-electron chi connectivity index (χ4n) is 3.44. The lowest BCUT2D eigenvalue weighted by Gasteiger charge is -2.16. The van der Waals surface area contributed by atoms with Crippen LogP contribution >= 0.6 is 35.7 Å². The summed E-state index contributed by atoms with van der Waals surface area (Å²) in [5, 5.41) is 6.77. The summed E-state index contributed by atoms with van der Waals surface area (Å²) in [5.74, 6) is 1.05. The van der Waals surface area contributed by atoms with Crippen molar-refractivity contribution < 1.29 is 4.79 Å². The minimum atomic E-state index is 0. The molecule has 1 aliphatic heterocycles. The largest absolute Gasteiger partial charge is 0.352 e. The molecule has 1 heterocycles. The predicted octanol–water partition coefficient (Wildman–Crippen LogP) is 4.32. The summed E-state index contributed by atoms with van der Waals surface area (Å²) in [5.41, 5.74) is 4.91. The average Bonchev–Trinajstić information content (AvgIpc) is 3.14. The van der Waals surface area contributed by atoms with Gasteiger partial charge in [-0.05, 0) is 47.9 Å². The van der Waals surface area contributed by atoms with E-state index in [4.69, 9.17) is 0 Å². The van der Waals surface area contributed by atoms with E-state index >= 15 is 0 Å². The van der Waals surface area contributed by atoms with Gasteiger partial charge in [-0.15, -0.1) is 35.7 Å². The number of hydrogen-bond acceptors (Lipinski definition) is 3. The molecule has 1 aliphatic rings. The first-order valence-electron chi connectivity index (χ1n) is 10.0. The lowest BCUT2D eigenvalue weighted by Crippen LogP contribution is -2.36. The van der Waals surface area contributed by atoms with Crippen LogP contribution in [-0.4, -0.2) is 36.6 Å². The number of carbonyl (C=O) groups excluding carboxylic acids is 1. The summed E-state index contributed by atoms with van der Waals surface area (Å²) in [6, 6.07) is 15.0. The molecule has 0 radical (unpaired) electrons. The summed E-state index contributed by atoms with van der Waals surface area (Å²) < 4.78 is 0.